The molecule has 1 N–H and O–H groups in total. The third-order valence-corrected chi connectivity index (χ3v) is 3.61. The average Bonchev–Trinajstić information content (AvgIpc) is 2.39. The van der Waals surface area contributed by atoms with E-state index in [9.17, 15) is 0 Å². The molecule has 2 heteroatoms. The second-order valence-electron chi connectivity index (χ2n) is 3.54. The van der Waals surface area contributed by atoms with Gasteiger partial charge in [0.25, 0.3) is 0 Å². The smallest absolute Gasteiger partial charge is 0.0602 e. The maximum Gasteiger partial charge on any atom is 0.0602 e. The summed E-state index contributed by atoms with van der Waals surface area (Å²) in [7, 11) is 0. The molecule has 1 saturated carbocycles. The van der Waals surface area contributed by atoms with Crippen molar-refractivity contribution in [2.45, 2.75) is 38.7 Å². The lowest BCUT2D eigenvalue weighted by Crippen LogP contribution is -2.06. The molecule has 0 aromatic heterocycles. The van der Waals surface area contributed by atoms with Crippen molar-refractivity contribution in [3.63, 3.8) is 0 Å². The van der Waals surface area contributed by atoms with E-state index in [1.807, 2.05) is 18.7 Å². The van der Waals surface area contributed by atoms with Gasteiger partial charge in [0.05, 0.1) is 6.10 Å². The molecule has 1 nitrogen and oxygen atoms in total. The molecule has 11 heavy (non-hydrogen) atoms. The minimum absolute atomic E-state index is 0.124. The molecule has 0 amide bonds. The van der Waals surface area contributed by atoms with Gasteiger partial charge in [0.2, 0.25) is 0 Å². The van der Waals surface area contributed by atoms with Crippen LogP contribution in [0.1, 0.15) is 32.6 Å². The van der Waals surface area contributed by atoms with E-state index in [0.29, 0.717) is 0 Å². The van der Waals surface area contributed by atoms with Crippen LogP contribution in [-0.2, 0) is 0 Å². The molecule has 1 rings (SSSR count). The first-order valence-corrected chi connectivity index (χ1v) is 5.70. The Bertz CT molecular complexity index is 97.7. The highest BCUT2D eigenvalue weighted by atomic mass is 32.2. The predicted octanol–water partition coefficient (Wildman–Crippen LogP) is 2.29. The zero-order valence-electron chi connectivity index (χ0n) is 7.25. The molecule has 0 radical (unpaired) electrons. The number of aliphatic hydroxyl groups is 1. The van der Waals surface area contributed by atoms with E-state index in [2.05, 4.69) is 0 Å². The number of aliphatic hydroxyl groups excluding tert-OH is 1. The van der Waals surface area contributed by atoms with Gasteiger partial charge >= 0.3 is 0 Å². The lowest BCUT2D eigenvalue weighted by molar-refractivity contribution is 0.220. The van der Waals surface area contributed by atoms with Crippen molar-refractivity contribution in [3.05, 3.63) is 0 Å². The Morgan fingerprint density at radius 3 is 2.64 bits per heavy atom. The summed E-state index contributed by atoms with van der Waals surface area (Å²) >= 11 is 1.91. The third kappa shape index (κ3) is 4.02. The summed E-state index contributed by atoms with van der Waals surface area (Å²) in [6, 6.07) is 0. The summed E-state index contributed by atoms with van der Waals surface area (Å²) < 4.78 is 0. The lowest BCUT2D eigenvalue weighted by Gasteiger charge is -2.08. The van der Waals surface area contributed by atoms with Crippen LogP contribution in [0.5, 0.6) is 0 Å². The Morgan fingerprint density at radius 1 is 1.45 bits per heavy atom. The average molecular weight is 174 g/mol. The molecule has 1 aliphatic rings. The Hall–Kier alpha value is 0.310. The van der Waals surface area contributed by atoms with E-state index in [1.165, 1.54) is 31.4 Å². The molecule has 1 fully saturated rings. The summed E-state index contributed by atoms with van der Waals surface area (Å²) in [4.78, 5) is 0. The van der Waals surface area contributed by atoms with Crippen LogP contribution in [0.15, 0.2) is 0 Å². The number of hydrogen-bond donors (Lipinski definition) is 1. The van der Waals surface area contributed by atoms with E-state index in [0.717, 1.165) is 11.7 Å². The normalized spacial score (nSPS) is 22.4. The molecule has 0 aromatic carbocycles. The number of hydrogen-bond acceptors (Lipinski definition) is 2. The van der Waals surface area contributed by atoms with Gasteiger partial charge in [-0.3, -0.25) is 0 Å². The quantitative estimate of drug-likeness (QED) is 0.705. The van der Waals surface area contributed by atoms with Crippen molar-refractivity contribution in [2.24, 2.45) is 5.92 Å². The number of thioether (sulfide) groups is 1. The summed E-state index contributed by atoms with van der Waals surface area (Å²) in [6.45, 7) is 1.86. The maximum atomic E-state index is 9.01. The van der Waals surface area contributed by atoms with Crippen molar-refractivity contribution < 1.29 is 5.11 Å². The minimum atomic E-state index is -0.124. The topological polar surface area (TPSA) is 20.2 Å². The van der Waals surface area contributed by atoms with Crippen LogP contribution in [0.4, 0.5) is 0 Å². The molecule has 0 heterocycles. The van der Waals surface area contributed by atoms with Gasteiger partial charge in [-0.2, -0.15) is 11.8 Å². The third-order valence-electron chi connectivity index (χ3n) is 2.19. The van der Waals surface area contributed by atoms with E-state index in [-0.39, 0.29) is 6.10 Å². The zero-order valence-corrected chi connectivity index (χ0v) is 8.07. The summed E-state index contributed by atoms with van der Waals surface area (Å²) in [5.41, 5.74) is 0. The van der Waals surface area contributed by atoms with Gasteiger partial charge in [-0.15, -0.1) is 0 Å². The first-order valence-electron chi connectivity index (χ1n) is 4.55. The summed E-state index contributed by atoms with van der Waals surface area (Å²) in [5.74, 6) is 3.14. The molecule has 0 saturated heterocycles. The molecule has 1 atom stereocenters. The molecule has 0 unspecified atom stereocenters. The Balaban J connectivity index is 1.94. The largest absolute Gasteiger partial charge is 0.393 e. The van der Waals surface area contributed by atoms with Crippen molar-refractivity contribution >= 4 is 11.8 Å². The van der Waals surface area contributed by atoms with Crippen LogP contribution in [0.3, 0.4) is 0 Å². The summed E-state index contributed by atoms with van der Waals surface area (Å²) in [6.07, 6.45) is 5.58. The second kappa shape index (κ2) is 5.04. The fraction of sp³-hybridized carbons (Fsp3) is 1.00. The first kappa shape index (κ1) is 9.40. The van der Waals surface area contributed by atoms with Crippen molar-refractivity contribution in [3.8, 4) is 0 Å². The highest BCUT2D eigenvalue weighted by Gasteiger charge is 2.14. The lowest BCUT2D eigenvalue weighted by atomic mass is 10.1. The zero-order chi connectivity index (χ0) is 8.10. The van der Waals surface area contributed by atoms with Crippen LogP contribution >= 0.6 is 11.8 Å². The fourth-order valence-corrected chi connectivity index (χ4v) is 2.73. The van der Waals surface area contributed by atoms with E-state index in [1.54, 1.807) is 0 Å². The molecule has 0 aromatic rings. The van der Waals surface area contributed by atoms with E-state index >= 15 is 0 Å². The van der Waals surface area contributed by atoms with Crippen LogP contribution in [0.25, 0.3) is 0 Å². The molecule has 0 spiro atoms. The Kier molecular flexibility index (Phi) is 4.31. The van der Waals surface area contributed by atoms with Gasteiger partial charge < -0.3 is 5.11 Å². The second-order valence-corrected chi connectivity index (χ2v) is 4.61. The molecule has 66 valence electrons. The molecular formula is C9H18OS. The number of rotatable bonds is 4. The van der Waals surface area contributed by atoms with Crippen molar-refractivity contribution in [1.29, 1.82) is 0 Å². The minimum Gasteiger partial charge on any atom is -0.393 e. The van der Waals surface area contributed by atoms with E-state index in [4.69, 9.17) is 5.11 Å². The van der Waals surface area contributed by atoms with Gasteiger partial charge in [-0.05, 0) is 31.4 Å². The highest BCUT2D eigenvalue weighted by molar-refractivity contribution is 7.99. The maximum absolute atomic E-state index is 9.01. The molecule has 1 aliphatic carbocycles. The Labute approximate surface area is 73.6 Å². The fourth-order valence-electron chi connectivity index (χ4n) is 1.58. The Morgan fingerprint density at radius 2 is 2.09 bits per heavy atom. The van der Waals surface area contributed by atoms with Gasteiger partial charge in [-0.25, -0.2) is 0 Å². The van der Waals surface area contributed by atoms with Crippen molar-refractivity contribution in [1.82, 2.24) is 0 Å². The highest BCUT2D eigenvalue weighted by Crippen LogP contribution is 2.27. The SMILES string of the molecule is C[C@@H](O)CSCC1CCCC1. The molecule has 0 bridgehead atoms. The molecule has 0 aliphatic heterocycles. The van der Waals surface area contributed by atoms with Gasteiger partial charge in [0.15, 0.2) is 0 Å². The van der Waals surface area contributed by atoms with Crippen LogP contribution in [0, 0.1) is 5.92 Å². The first-order chi connectivity index (χ1) is 5.29. The van der Waals surface area contributed by atoms with Gasteiger partial charge in [0.1, 0.15) is 0 Å². The van der Waals surface area contributed by atoms with Crippen LogP contribution < -0.4 is 0 Å². The standard InChI is InChI=1S/C9H18OS/c1-8(10)6-11-7-9-4-2-3-5-9/h8-10H,2-7H2,1H3/t8-/m1/s1. The van der Waals surface area contributed by atoms with Gasteiger partial charge in [0, 0.05) is 5.75 Å². The predicted molar refractivity (Wildman–Crippen MR) is 51.0 cm³/mol. The molecular weight excluding hydrogens is 156 g/mol. The van der Waals surface area contributed by atoms with E-state index < -0.39 is 0 Å². The van der Waals surface area contributed by atoms with Crippen molar-refractivity contribution in [2.75, 3.05) is 11.5 Å². The van der Waals surface area contributed by atoms with Crippen LogP contribution in [-0.4, -0.2) is 22.7 Å². The monoisotopic (exact) mass is 174 g/mol. The van der Waals surface area contributed by atoms with Crippen LogP contribution in [0.2, 0.25) is 0 Å². The summed E-state index contributed by atoms with van der Waals surface area (Å²) in [5, 5.41) is 9.01. The van der Waals surface area contributed by atoms with Gasteiger partial charge in [-0.1, -0.05) is 12.8 Å².